The summed E-state index contributed by atoms with van der Waals surface area (Å²) in [6.07, 6.45) is -3.05. The number of carbonyl (C=O) groups excluding carboxylic acids is 1. The van der Waals surface area contributed by atoms with E-state index >= 15 is 0 Å². The normalized spacial score (nSPS) is 14.3. The molecule has 1 atom stereocenters. The average Bonchev–Trinajstić information content (AvgIpc) is 2.96. The fourth-order valence-electron chi connectivity index (χ4n) is 2.15. The molecule has 0 bridgehead atoms. The summed E-state index contributed by atoms with van der Waals surface area (Å²) < 4.78 is 43.8. The molecule has 7 heteroatoms. The van der Waals surface area contributed by atoms with Gasteiger partial charge in [-0.1, -0.05) is 12.1 Å². The van der Waals surface area contributed by atoms with Gasteiger partial charge in [-0.25, -0.2) is 0 Å². The molecular weight excluding hydrogens is 311 g/mol. The highest BCUT2D eigenvalue weighted by Crippen LogP contribution is 2.31. The molecule has 0 aliphatic heterocycles. The molecule has 0 saturated heterocycles. The Hall–Kier alpha value is -2.28. The maximum absolute atomic E-state index is 12.9. The van der Waals surface area contributed by atoms with Gasteiger partial charge in [-0.3, -0.25) is 4.79 Å². The lowest BCUT2D eigenvalue weighted by atomic mass is 10.00. The van der Waals surface area contributed by atoms with Gasteiger partial charge in [0.2, 0.25) is 0 Å². The van der Waals surface area contributed by atoms with Gasteiger partial charge in [0, 0.05) is 13.0 Å². The number of hydrogen-bond acceptors (Lipinski definition) is 3. The molecule has 1 heterocycles. The molecule has 1 unspecified atom stereocenters. The van der Waals surface area contributed by atoms with Crippen LogP contribution in [0.2, 0.25) is 0 Å². The van der Waals surface area contributed by atoms with Crippen LogP contribution in [-0.2, 0) is 12.6 Å². The SMILES string of the molecule is CC(O)(CNC(=O)c1ccccc1C(F)(F)F)Cc1ccco1. The monoisotopic (exact) mass is 327 g/mol. The Kier molecular flexibility index (Phi) is 4.79. The first kappa shape index (κ1) is 17.1. The van der Waals surface area contributed by atoms with Crippen molar-refractivity contribution in [3.63, 3.8) is 0 Å². The quantitative estimate of drug-likeness (QED) is 0.887. The third-order valence-electron chi connectivity index (χ3n) is 3.24. The number of carbonyl (C=O) groups is 1. The lowest BCUT2D eigenvalue weighted by Crippen LogP contribution is -2.42. The van der Waals surface area contributed by atoms with Crippen molar-refractivity contribution in [1.82, 2.24) is 5.32 Å². The number of alkyl halides is 3. The highest BCUT2D eigenvalue weighted by Gasteiger charge is 2.35. The second-order valence-corrected chi connectivity index (χ2v) is 5.48. The van der Waals surface area contributed by atoms with Crippen LogP contribution < -0.4 is 5.32 Å². The number of nitrogens with one attached hydrogen (secondary N) is 1. The first-order valence-corrected chi connectivity index (χ1v) is 6.88. The van der Waals surface area contributed by atoms with E-state index in [0.29, 0.717) is 5.76 Å². The number of halogens is 3. The first-order valence-electron chi connectivity index (χ1n) is 6.88. The van der Waals surface area contributed by atoms with Crippen LogP contribution in [0.4, 0.5) is 13.2 Å². The Balaban J connectivity index is 2.05. The van der Waals surface area contributed by atoms with Crippen molar-refractivity contribution in [1.29, 1.82) is 0 Å². The third kappa shape index (κ3) is 4.59. The number of benzene rings is 1. The van der Waals surface area contributed by atoms with Gasteiger partial charge in [-0.15, -0.1) is 0 Å². The van der Waals surface area contributed by atoms with Crippen molar-refractivity contribution < 1.29 is 27.5 Å². The van der Waals surface area contributed by atoms with Crippen LogP contribution in [0.25, 0.3) is 0 Å². The molecule has 1 aromatic heterocycles. The number of hydrogen-bond donors (Lipinski definition) is 2. The van der Waals surface area contributed by atoms with Crippen LogP contribution in [0, 0.1) is 0 Å². The molecule has 2 N–H and O–H groups in total. The molecule has 0 fully saturated rings. The van der Waals surface area contributed by atoms with Gasteiger partial charge in [0.05, 0.1) is 23.0 Å². The number of aliphatic hydroxyl groups is 1. The second-order valence-electron chi connectivity index (χ2n) is 5.48. The largest absolute Gasteiger partial charge is 0.469 e. The average molecular weight is 327 g/mol. The molecule has 1 amide bonds. The zero-order valence-electron chi connectivity index (χ0n) is 12.4. The van der Waals surface area contributed by atoms with E-state index < -0.39 is 28.8 Å². The van der Waals surface area contributed by atoms with Crippen molar-refractivity contribution in [3.8, 4) is 0 Å². The molecule has 4 nitrogen and oxygen atoms in total. The Morgan fingerprint density at radius 3 is 2.52 bits per heavy atom. The Labute approximate surface area is 130 Å². The van der Waals surface area contributed by atoms with E-state index in [4.69, 9.17) is 4.42 Å². The highest BCUT2D eigenvalue weighted by molar-refractivity contribution is 5.95. The van der Waals surface area contributed by atoms with E-state index in [1.807, 2.05) is 0 Å². The van der Waals surface area contributed by atoms with Crippen molar-refractivity contribution in [3.05, 3.63) is 59.5 Å². The van der Waals surface area contributed by atoms with E-state index in [0.717, 1.165) is 12.1 Å². The predicted octanol–water partition coefficient (Wildman–Crippen LogP) is 3.02. The molecule has 2 aromatic rings. The van der Waals surface area contributed by atoms with Gasteiger partial charge in [0.15, 0.2) is 0 Å². The molecule has 124 valence electrons. The third-order valence-corrected chi connectivity index (χ3v) is 3.24. The van der Waals surface area contributed by atoms with Crippen molar-refractivity contribution in [2.45, 2.75) is 25.1 Å². The minimum atomic E-state index is -4.62. The predicted molar refractivity (Wildman–Crippen MR) is 76.8 cm³/mol. The summed E-state index contributed by atoms with van der Waals surface area (Å²) in [5.41, 5.74) is -2.84. The van der Waals surface area contributed by atoms with E-state index in [1.54, 1.807) is 12.1 Å². The topological polar surface area (TPSA) is 62.5 Å². The molecular formula is C16H16F3NO3. The molecule has 0 saturated carbocycles. The lowest BCUT2D eigenvalue weighted by Gasteiger charge is -2.23. The summed E-state index contributed by atoms with van der Waals surface area (Å²) in [7, 11) is 0. The molecule has 0 radical (unpaired) electrons. The summed E-state index contributed by atoms with van der Waals surface area (Å²) >= 11 is 0. The van der Waals surface area contributed by atoms with Gasteiger partial charge < -0.3 is 14.8 Å². The van der Waals surface area contributed by atoms with Crippen LogP contribution in [0.5, 0.6) is 0 Å². The fraction of sp³-hybridized carbons (Fsp3) is 0.312. The van der Waals surface area contributed by atoms with Crippen molar-refractivity contribution in [2.75, 3.05) is 6.54 Å². The Bertz CT molecular complexity index is 663. The van der Waals surface area contributed by atoms with Crippen LogP contribution in [0.3, 0.4) is 0 Å². The Morgan fingerprint density at radius 1 is 1.22 bits per heavy atom. The minimum Gasteiger partial charge on any atom is -0.469 e. The molecule has 0 aliphatic rings. The van der Waals surface area contributed by atoms with Crippen LogP contribution >= 0.6 is 0 Å². The first-order chi connectivity index (χ1) is 10.7. The van der Waals surface area contributed by atoms with Gasteiger partial charge in [-0.05, 0) is 31.2 Å². The van der Waals surface area contributed by atoms with Crippen LogP contribution in [0.15, 0.2) is 47.1 Å². The van der Waals surface area contributed by atoms with E-state index in [1.165, 1.54) is 25.3 Å². The summed E-state index contributed by atoms with van der Waals surface area (Å²) in [5, 5.41) is 12.5. The molecule has 23 heavy (non-hydrogen) atoms. The van der Waals surface area contributed by atoms with Crippen LogP contribution in [0.1, 0.15) is 28.6 Å². The highest BCUT2D eigenvalue weighted by atomic mass is 19.4. The Morgan fingerprint density at radius 2 is 1.91 bits per heavy atom. The molecule has 1 aromatic carbocycles. The van der Waals surface area contributed by atoms with Gasteiger partial charge >= 0.3 is 6.18 Å². The molecule has 2 rings (SSSR count). The summed E-state index contributed by atoms with van der Waals surface area (Å²) in [6.45, 7) is 1.25. The maximum Gasteiger partial charge on any atom is 0.417 e. The smallest absolute Gasteiger partial charge is 0.417 e. The maximum atomic E-state index is 12.9. The number of rotatable bonds is 5. The van der Waals surface area contributed by atoms with Crippen LogP contribution in [-0.4, -0.2) is 23.2 Å². The summed E-state index contributed by atoms with van der Waals surface area (Å²) in [6, 6.07) is 7.83. The van der Waals surface area contributed by atoms with E-state index in [2.05, 4.69) is 5.32 Å². The number of amides is 1. The number of furan rings is 1. The molecule has 0 aliphatic carbocycles. The van der Waals surface area contributed by atoms with Gasteiger partial charge in [0.25, 0.3) is 5.91 Å². The minimum absolute atomic E-state index is 0.126. The zero-order chi connectivity index (χ0) is 17.1. The van der Waals surface area contributed by atoms with E-state index in [9.17, 15) is 23.1 Å². The lowest BCUT2D eigenvalue weighted by molar-refractivity contribution is -0.137. The standard InChI is InChI=1S/C16H16F3NO3/c1-15(22,9-11-5-4-8-23-11)10-20-14(21)12-6-2-3-7-13(12)16(17,18)19/h2-8,22H,9-10H2,1H3,(H,20,21). The zero-order valence-corrected chi connectivity index (χ0v) is 12.4. The summed E-state index contributed by atoms with van der Waals surface area (Å²) in [4.78, 5) is 12.0. The van der Waals surface area contributed by atoms with Crippen molar-refractivity contribution in [2.24, 2.45) is 0 Å². The van der Waals surface area contributed by atoms with Crippen molar-refractivity contribution >= 4 is 5.91 Å². The second kappa shape index (κ2) is 6.45. The van der Waals surface area contributed by atoms with Gasteiger partial charge in [-0.2, -0.15) is 13.2 Å². The van der Waals surface area contributed by atoms with Gasteiger partial charge in [0.1, 0.15) is 5.76 Å². The van der Waals surface area contributed by atoms with E-state index in [-0.39, 0.29) is 13.0 Å². The molecule has 0 spiro atoms. The fourth-order valence-corrected chi connectivity index (χ4v) is 2.15. The summed E-state index contributed by atoms with van der Waals surface area (Å²) in [5.74, 6) is -0.377.